The molecule has 0 spiro atoms. The van der Waals surface area contributed by atoms with E-state index >= 15 is 0 Å². The molecule has 0 fully saturated rings. The van der Waals surface area contributed by atoms with Crippen LogP contribution >= 0.6 is 35.3 Å². The van der Waals surface area contributed by atoms with Crippen molar-refractivity contribution in [3.8, 4) is 11.5 Å². The van der Waals surface area contributed by atoms with Gasteiger partial charge in [-0.15, -0.1) is 35.3 Å². The minimum Gasteiger partial charge on any atom is -0.497 e. The highest BCUT2D eigenvalue weighted by Gasteiger charge is 2.17. The van der Waals surface area contributed by atoms with Gasteiger partial charge in [-0.25, -0.2) is 4.98 Å². The van der Waals surface area contributed by atoms with Crippen LogP contribution in [0.15, 0.2) is 28.6 Å². The lowest BCUT2D eigenvalue weighted by Crippen LogP contribution is -2.37. The Kier molecular flexibility index (Phi) is 9.63. The molecule has 0 atom stereocenters. The summed E-state index contributed by atoms with van der Waals surface area (Å²) in [5.41, 5.74) is 3.40. The lowest BCUT2D eigenvalue weighted by molar-refractivity contribution is 0.398. The number of ether oxygens (including phenoxy) is 2. The lowest BCUT2D eigenvalue weighted by atomic mass is 9.93. The number of aromatic nitrogens is 2. The van der Waals surface area contributed by atoms with Crippen molar-refractivity contribution in [2.45, 2.75) is 45.6 Å². The first kappa shape index (κ1) is 26.2. The molecule has 0 aliphatic carbocycles. The molecule has 0 unspecified atom stereocenters. The highest BCUT2D eigenvalue weighted by Crippen LogP contribution is 2.31. The van der Waals surface area contributed by atoms with Gasteiger partial charge in [0.2, 0.25) is 0 Å². The fraction of sp³-hybridized carbons (Fsp3) is 0.478. The maximum absolute atomic E-state index is 5.50. The summed E-state index contributed by atoms with van der Waals surface area (Å²) in [5.74, 6) is 2.39. The Morgan fingerprint density at radius 2 is 1.94 bits per heavy atom. The first-order valence-corrected chi connectivity index (χ1v) is 11.3. The van der Waals surface area contributed by atoms with E-state index in [1.807, 2.05) is 12.1 Å². The normalized spacial score (nSPS) is 11.9. The molecule has 3 rings (SSSR count). The van der Waals surface area contributed by atoms with Gasteiger partial charge in [0.15, 0.2) is 5.96 Å². The Bertz CT molecular complexity index is 1040. The van der Waals surface area contributed by atoms with Gasteiger partial charge >= 0.3 is 0 Å². The first-order chi connectivity index (χ1) is 14.8. The number of H-pyrrole nitrogens is 1. The van der Waals surface area contributed by atoms with Crippen LogP contribution in [0.5, 0.6) is 11.5 Å². The summed E-state index contributed by atoms with van der Waals surface area (Å²) in [7, 11) is 5.13. The average molecular weight is 572 g/mol. The molecule has 0 saturated carbocycles. The van der Waals surface area contributed by atoms with E-state index in [1.165, 1.54) is 5.69 Å². The second-order valence-corrected chi connectivity index (χ2v) is 9.36. The van der Waals surface area contributed by atoms with Crippen molar-refractivity contribution in [2.24, 2.45) is 4.99 Å². The molecule has 2 heterocycles. The van der Waals surface area contributed by atoms with Gasteiger partial charge in [-0.3, -0.25) is 4.99 Å². The molecule has 1 aromatic carbocycles. The molecule has 0 saturated heterocycles. The summed E-state index contributed by atoms with van der Waals surface area (Å²) < 4.78 is 10.8. The summed E-state index contributed by atoms with van der Waals surface area (Å²) in [4.78, 5) is 12.5. The number of thiazole rings is 1. The van der Waals surface area contributed by atoms with Gasteiger partial charge in [-0.2, -0.15) is 0 Å². The van der Waals surface area contributed by atoms with E-state index in [1.54, 1.807) is 32.6 Å². The van der Waals surface area contributed by atoms with Crippen LogP contribution in [0.2, 0.25) is 0 Å². The summed E-state index contributed by atoms with van der Waals surface area (Å²) >= 11 is 1.68. The van der Waals surface area contributed by atoms with Crippen LogP contribution in [0.25, 0.3) is 10.9 Å². The molecule has 32 heavy (non-hydrogen) atoms. The zero-order valence-electron chi connectivity index (χ0n) is 19.7. The predicted molar refractivity (Wildman–Crippen MR) is 144 cm³/mol. The quantitative estimate of drug-likeness (QED) is 0.156. The molecule has 0 aliphatic rings. The minimum atomic E-state index is 0. The molecule has 2 aromatic heterocycles. The highest BCUT2D eigenvalue weighted by molar-refractivity contribution is 14.0. The smallest absolute Gasteiger partial charge is 0.191 e. The second kappa shape index (κ2) is 11.7. The second-order valence-electron chi connectivity index (χ2n) is 8.42. The Labute approximate surface area is 211 Å². The van der Waals surface area contributed by atoms with Gasteiger partial charge < -0.3 is 25.1 Å². The van der Waals surface area contributed by atoms with Crippen molar-refractivity contribution in [3.63, 3.8) is 0 Å². The molecule has 0 aliphatic heterocycles. The van der Waals surface area contributed by atoms with Crippen molar-refractivity contribution < 1.29 is 9.47 Å². The number of guanidine groups is 1. The molecule has 7 nitrogen and oxygen atoms in total. The summed E-state index contributed by atoms with van der Waals surface area (Å²) in [6.45, 7) is 8.03. The number of fused-ring (bicyclic) bond motifs is 1. The maximum atomic E-state index is 5.50. The summed E-state index contributed by atoms with van der Waals surface area (Å²) in [6.07, 6.45) is 1.89. The van der Waals surface area contributed by atoms with Gasteiger partial charge in [0.1, 0.15) is 16.5 Å². The number of halogens is 1. The van der Waals surface area contributed by atoms with Crippen LogP contribution in [0, 0.1) is 0 Å². The summed E-state index contributed by atoms with van der Waals surface area (Å²) in [6, 6.07) is 6.05. The number of benzene rings is 1. The highest BCUT2D eigenvalue weighted by atomic mass is 127. The van der Waals surface area contributed by atoms with E-state index in [9.17, 15) is 0 Å². The van der Waals surface area contributed by atoms with Crippen LogP contribution in [-0.4, -0.2) is 43.7 Å². The third-order valence-electron chi connectivity index (χ3n) is 5.05. The fourth-order valence-electron chi connectivity index (χ4n) is 3.26. The van der Waals surface area contributed by atoms with Crippen molar-refractivity contribution >= 4 is 52.2 Å². The number of aliphatic imine (C=N–C) groups is 1. The third kappa shape index (κ3) is 6.74. The van der Waals surface area contributed by atoms with Crippen LogP contribution in [0.4, 0.5) is 0 Å². The Morgan fingerprint density at radius 3 is 2.56 bits per heavy atom. The number of hydrogen-bond donors (Lipinski definition) is 3. The van der Waals surface area contributed by atoms with E-state index in [-0.39, 0.29) is 29.4 Å². The fourth-order valence-corrected chi connectivity index (χ4v) is 4.22. The molecule has 3 aromatic rings. The number of rotatable bonds is 8. The van der Waals surface area contributed by atoms with Gasteiger partial charge in [0, 0.05) is 47.6 Å². The van der Waals surface area contributed by atoms with Crippen LogP contribution < -0.4 is 20.1 Å². The Balaban J connectivity index is 0.00000363. The Hall–Kier alpha value is -2.01. The van der Waals surface area contributed by atoms with E-state index < -0.39 is 0 Å². The maximum Gasteiger partial charge on any atom is 0.191 e. The molecule has 176 valence electrons. The van der Waals surface area contributed by atoms with Crippen LogP contribution in [-0.2, 0) is 18.4 Å². The average Bonchev–Trinajstić information content (AvgIpc) is 3.39. The van der Waals surface area contributed by atoms with Gasteiger partial charge in [-0.1, -0.05) is 20.8 Å². The SMILES string of the molecule is CN=C(NCCCc1cc2c(OC)cc(OC)cc2[nH]1)NCc1nc(C(C)(C)C)cs1.I. The number of methoxy groups -OCH3 is 2. The number of hydrogen-bond acceptors (Lipinski definition) is 5. The van der Waals surface area contributed by atoms with E-state index in [2.05, 4.69) is 52.8 Å². The lowest BCUT2D eigenvalue weighted by Gasteiger charge is -2.14. The molecule has 9 heteroatoms. The monoisotopic (exact) mass is 571 g/mol. The first-order valence-electron chi connectivity index (χ1n) is 10.5. The standard InChI is InChI=1S/C23H33N5O2S.HI/c1-23(2,3)20-14-31-21(28-20)13-26-22(24-4)25-9-7-8-15-10-17-18(27-15)11-16(29-5)12-19(17)30-6;/h10-12,14,27H,7-9,13H2,1-6H3,(H2,24,25,26);1H. The zero-order valence-corrected chi connectivity index (χ0v) is 22.8. The molecule has 0 radical (unpaired) electrons. The minimum absolute atomic E-state index is 0. The Morgan fingerprint density at radius 1 is 1.16 bits per heavy atom. The van der Waals surface area contributed by atoms with Crippen LogP contribution in [0.3, 0.4) is 0 Å². The topological polar surface area (TPSA) is 83.6 Å². The number of aryl methyl sites for hydroxylation is 1. The van der Waals surface area contributed by atoms with Crippen molar-refractivity contribution in [3.05, 3.63) is 40.0 Å². The van der Waals surface area contributed by atoms with Gasteiger partial charge in [-0.05, 0) is 18.9 Å². The molecule has 3 N–H and O–H groups in total. The van der Waals surface area contributed by atoms with Gasteiger partial charge in [0.25, 0.3) is 0 Å². The van der Waals surface area contributed by atoms with E-state index in [4.69, 9.17) is 14.5 Å². The molecular formula is C23H34IN5O2S. The van der Waals surface area contributed by atoms with E-state index in [0.717, 1.165) is 58.4 Å². The molecule has 0 bridgehead atoms. The number of nitrogens with zero attached hydrogens (tertiary/aromatic N) is 2. The van der Waals surface area contributed by atoms with Crippen molar-refractivity contribution in [2.75, 3.05) is 27.8 Å². The third-order valence-corrected chi connectivity index (χ3v) is 5.90. The number of aromatic amines is 1. The molecular weight excluding hydrogens is 537 g/mol. The zero-order chi connectivity index (χ0) is 22.4. The number of nitrogens with one attached hydrogen (secondary N) is 3. The largest absolute Gasteiger partial charge is 0.497 e. The molecule has 0 amide bonds. The predicted octanol–water partition coefficient (Wildman–Crippen LogP) is 4.85. The van der Waals surface area contributed by atoms with Crippen LogP contribution in [0.1, 0.15) is 43.6 Å². The van der Waals surface area contributed by atoms with Crippen molar-refractivity contribution in [1.82, 2.24) is 20.6 Å². The summed E-state index contributed by atoms with van der Waals surface area (Å²) in [5, 5.41) is 11.0. The van der Waals surface area contributed by atoms with E-state index in [0.29, 0.717) is 6.54 Å². The van der Waals surface area contributed by atoms with Gasteiger partial charge in [0.05, 0.1) is 32.0 Å². The van der Waals surface area contributed by atoms with Crippen molar-refractivity contribution in [1.29, 1.82) is 0 Å².